The van der Waals surface area contributed by atoms with E-state index in [1.165, 1.54) is 4.90 Å². The lowest BCUT2D eigenvalue weighted by molar-refractivity contribution is -0.120. The van der Waals surface area contributed by atoms with E-state index in [-0.39, 0.29) is 11.6 Å². The molecule has 34 heavy (non-hydrogen) atoms. The van der Waals surface area contributed by atoms with Crippen LogP contribution in [0.2, 0.25) is 0 Å². The van der Waals surface area contributed by atoms with Crippen molar-refractivity contribution in [3.63, 3.8) is 0 Å². The van der Waals surface area contributed by atoms with Crippen molar-refractivity contribution in [3.05, 3.63) is 83.6 Å². The van der Waals surface area contributed by atoms with Crippen LogP contribution in [0, 0.1) is 6.92 Å². The summed E-state index contributed by atoms with van der Waals surface area (Å²) in [5.41, 5.74) is 4.34. The molecule has 3 aromatic carbocycles. The molecule has 2 aliphatic heterocycles. The van der Waals surface area contributed by atoms with E-state index in [0.717, 1.165) is 11.3 Å². The Morgan fingerprint density at radius 3 is 2.32 bits per heavy atom. The van der Waals surface area contributed by atoms with Gasteiger partial charge >= 0.3 is 0 Å². The van der Waals surface area contributed by atoms with Crippen LogP contribution in [-0.4, -0.2) is 39.1 Å². The number of anilines is 3. The highest BCUT2D eigenvalue weighted by atomic mass is 16.6. The summed E-state index contributed by atoms with van der Waals surface area (Å²) < 4.78 is 11.3. The van der Waals surface area contributed by atoms with E-state index in [4.69, 9.17) is 9.47 Å². The van der Waals surface area contributed by atoms with E-state index in [1.807, 2.05) is 68.4 Å². The van der Waals surface area contributed by atoms with Crippen LogP contribution in [0.15, 0.2) is 72.4 Å². The van der Waals surface area contributed by atoms with Crippen LogP contribution in [0.3, 0.4) is 0 Å². The van der Waals surface area contributed by atoms with Gasteiger partial charge in [-0.1, -0.05) is 35.9 Å². The average molecular weight is 456 g/mol. The second kappa shape index (κ2) is 8.59. The molecular weight excluding hydrogens is 430 g/mol. The molecule has 5 rings (SSSR count). The van der Waals surface area contributed by atoms with Crippen LogP contribution in [-0.2, 0) is 9.59 Å². The lowest BCUT2D eigenvalue weighted by atomic mass is 10.0. The Balaban J connectivity index is 1.58. The van der Waals surface area contributed by atoms with Gasteiger partial charge in [-0.25, -0.2) is 4.90 Å². The average Bonchev–Trinajstić information content (AvgIpc) is 3.08. The van der Waals surface area contributed by atoms with E-state index < -0.39 is 5.91 Å². The molecular formula is C27H25N3O4. The Bertz CT molecular complexity index is 1310. The number of nitrogens with zero attached hydrogens (tertiary/aromatic N) is 2. The van der Waals surface area contributed by atoms with Crippen LogP contribution in [0.25, 0.3) is 5.57 Å². The van der Waals surface area contributed by atoms with E-state index in [9.17, 15) is 9.59 Å². The van der Waals surface area contributed by atoms with Gasteiger partial charge in [-0.3, -0.25) is 9.59 Å². The summed E-state index contributed by atoms with van der Waals surface area (Å²) in [6, 6.07) is 20.3. The summed E-state index contributed by atoms with van der Waals surface area (Å²) in [6.45, 7) is 2.94. The number of hydrogen-bond donors (Lipinski definition) is 1. The number of hydrogen-bond acceptors (Lipinski definition) is 6. The molecule has 0 spiro atoms. The number of fused-ring (bicyclic) bond motifs is 1. The topological polar surface area (TPSA) is 71.1 Å². The third-order valence-electron chi connectivity index (χ3n) is 5.84. The van der Waals surface area contributed by atoms with Gasteiger partial charge in [0.25, 0.3) is 11.8 Å². The minimum absolute atomic E-state index is 0.223. The molecule has 2 aliphatic rings. The monoisotopic (exact) mass is 455 g/mol. The Kier molecular flexibility index (Phi) is 5.45. The highest BCUT2D eigenvalue weighted by molar-refractivity contribution is 6.46. The molecule has 0 unspecified atom stereocenters. The predicted octanol–water partition coefficient (Wildman–Crippen LogP) is 4.23. The van der Waals surface area contributed by atoms with Crippen molar-refractivity contribution in [2.75, 3.05) is 42.4 Å². The highest BCUT2D eigenvalue weighted by Gasteiger charge is 2.40. The van der Waals surface area contributed by atoms with Crippen LogP contribution >= 0.6 is 0 Å². The van der Waals surface area contributed by atoms with E-state index >= 15 is 0 Å². The molecule has 2 amide bonds. The van der Waals surface area contributed by atoms with Crippen molar-refractivity contribution in [3.8, 4) is 11.5 Å². The molecule has 0 radical (unpaired) electrons. The third-order valence-corrected chi connectivity index (χ3v) is 5.84. The number of ether oxygens (including phenoxy) is 2. The molecule has 1 N–H and O–H groups in total. The number of aryl methyl sites for hydroxylation is 1. The molecule has 2 heterocycles. The smallest absolute Gasteiger partial charge is 0.282 e. The Morgan fingerprint density at radius 2 is 1.59 bits per heavy atom. The molecule has 0 saturated carbocycles. The normalized spacial score (nSPS) is 15.1. The van der Waals surface area contributed by atoms with E-state index in [0.29, 0.717) is 47.2 Å². The first-order valence-electron chi connectivity index (χ1n) is 11.1. The number of imide groups is 1. The molecule has 0 saturated heterocycles. The standard InChI is InChI=1S/C27H25N3O4/c1-17-7-9-18(10-8-17)24-25(28-19-11-12-22-23(15-19)34-14-13-33-22)27(32)30(26(24)31)21-6-4-5-20(16-21)29(2)3/h4-12,15-16,28H,13-14H2,1-3H3. The van der Waals surface area contributed by atoms with Crippen LogP contribution in [0.5, 0.6) is 11.5 Å². The fourth-order valence-electron chi connectivity index (χ4n) is 4.04. The van der Waals surface area contributed by atoms with Crippen molar-refractivity contribution in [2.45, 2.75) is 6.92 Å². The molecule has 0 fully saturated rings. The number of carbonyl (C=O) groups excluding carboxylic acids is 2. The van der Waals surface area contributed by atoms with Crippen molar-refractivity contribution < 1.29 is 19.1 Å². The van der Waals surface area contributed by atoms with Gasteiger partial charge in [0.1, 0.15) is 18.9 Å². The number of benzene rings is 3. The summed E-state index contributed by atoms with van der Waals surface area (Å²) in [7, 11) is 3.83. The number of amides is 2. The number of carbonyl (C=O) groups is 2. The van der Waals surface area contributed by atoms with Gasteiger partial charge in [-0.2, -0.15) is 0 Å². The fourth-order valence-corrected chi connectivity index (χ4v) is 4.04. The summed E-state index contributed by atoms with van der Waals surface area (Å²) in [4.78, 5) is 30.5. The van der Waals surface area contributed by atoms with E-state index in [1.54, 1.807) is 24.3 Å². The summed E-state index contributed by atoms with van der Waals surface area (Å²) in [6.07, 6.45) is 0. The fraction of sp³-hybridized carbons (Fsp3) is 0.185. The highest BCUT2D eigenvalue weighted by Crippen LogP contribution is 2.37. The first-order valence-corrected chi connectivity index (χ1v) is 11.1. The lowest BCUT2D eigenvalue weighted by Gasteiger charge is -2.20. The van der Waals surface area contributed by atoms with Gasteiger partial charge in [-0.05, 0) is 42.8 Å². The first kappa shape index (κ1) is 21.6. The molecule has 0 bridgehead atoms. The molecule has 3 aromatic rings. The van der Waals surface area contributed by atoms with Crippen molar-refractivity contribution >= 4 is 34.4 Å². The maximum Gasteiger partial charge on any atom is 0.282 e. The second-order valence-electron chi connectivity index (χ2n) is 8.46. The summed E-state index contributed by atoms with van der Waals surface area (Å²) in [5.74, 6) is 0.470. The van der Waals surface area contributed by atoms with Crippen LogP contribution in [0.1, 0.15) is 11.1 Å². The zero-order valence-corrected chi connectivity index (χ0v) is 19.3. The Labute approximate surface area is 198 Å². The molecule has 0 aromatic heterocycles. The van der Waals surface area contributed by atoms with Crippen molar-refractivity contribution in [2.24, 2.45) is 0 Å². The molecule has 7 heteroatoms. The largest absolute Gasteiger partial charge is 0.486 e. The van der Waals surface area contributed by atoms with Gasteiger partial charge in [-0.15, -0.1) is 0 Å². The first-order chi connectivity index (χ1) is 16.4. The van der Waals surface area contributed by atoms with Gasteiger partial charge in [0.15, 0.2) is 11.5 Å². The van der Waals surface area contributed by atoms with Crippen LogP contribution in [0.4, 0.5) is 17.1 Å². The molecule has 7 nitrogen and oxygen atoms in total. The minimum Gasteiger partial charge on any atom is -0.486 e. The lowest BCUT2D eigenvalue weighted by Crippen LogP contribution is -2.32. The molecule has 172 valence electrons. The number of nitrogens with one attached hydrogen (secondary N) is 1. The van der Waals surface area contributed by atoms with Crippen LogP contribution < -0.4 is 24.6 Å². The summed E-state index contributed by atoms with van der Waals surface area (Å²) in [5, 5.41) is 3.19. The van der Waals surface area contributed by atoms with Gasteiger partial charge in [0.2, 0.25) is 0 Å². The number of rotatable bonds is 5. The quantitative estimate of drug-likeness (QED) is 0.581. The second-order valence-corrected chi connectivity index (χ2v) is 8.46. The SMILES string of the molecule is Cc1ccc(C2=C(Nc3ccc4c(c3)OCCO4)C(=O)N(c3cccc(N(C)C)c3)C2=O)cc1. The Morgan fingerprint density at radius 1 is 0.853 bits per heavy atom. The third kappa shape index (κ3) is 3.85. The predicted molar refractivity (Wildman–Crippen MR) is 132 cm³/mol. The van der Waals surface area contributed by atoms with Crippen molar-refractivity contribution in [1.82, 2.24) is 0 Å². The van der Waals surface area contributed by atoms with Crippen molar-refractivity contribution in [1.29, 1.82) is 0 Å². The minimum atomic E-state index is -0.411. The Hall–Kier alpha value is -4.26. The zero-order valence-electron chi connectivity index (χ0n) is 19.3. The van der Waals surface area contributed by atoms with E-state index in [2.05, 4.69) is 5.32 Å². The molecule has 0 aliphatic carbocycles. The maximum atomic E-state index is 13.7. The molecule has 0 atom stereocenters. The maximum absolute atomic E-state index is 13.7. The van der Waals surface area contributed by atoms with Gasteiger partial charge in [0.05, 0.1) is 11.3 Å². The zero-order chi connectivity index (χ0) is 23.8. The summed E-state index contributed by atoms with van der Waals surface area (Å²) >= 11 is 0. The van der Waals surface area contributed by atoms with Gasteiger partial charge in [0, 0.05) is 31.5 Å². The van der Waals surface area contributed by atoms with Gasteiger partial charge < -0.3 is 19.7 Å².